The average molecular weight is 355 g/mol. The van der Waals surface area contributed by atoms with Crippen LogP contribution in [0, 0.1) is 0 Å². The molecule has 0 aliphatic heterocycles. The molecule has 1 aromatic carbocycles. The third kappa shape index (κ3) is 2.73. The van der Waals surface area contributed by atoms with Crippen LogP contribution in [0.25, 0.3) is 11.4 Å². The summed E-state index contributed by atoms with van der Waals surface area (Å²) >= 11 is 11.3. The van der Waals surface area contributed by atoms with Crippen molar-refractivity contribution >= 4 is 38.9 Å². The van der Waals surface area contributed by atoms with E-state index < -0.39 is 0 Å². The molecule has 0 amide bonds. The molecule has 2 aromatic heterocycles. The summed E-state index contributed by atoms with van der Waals surface area (Å²) in [5.41, 5.74) is 1.01. The summed E-state index contributed by atoms with van der Waals surface area (Å²) < 4.78 is 2.99. The van der Waals surface area contributed by atoms with Crippen molar-refractivity contribution in [2.24, 2.45) is 0 Å². The van der Waals surface area contributed by atoms with Gasteiger partial charge in [-0.1, -0.05) is 30.3 Å². The van der Waals surface area contributed by atoms with Crippen LogP contribution >= 0.6 is 38.9 Å². The van der Waals surface area contributed by atoms with Crippen molar-refractivity contribution in [3.8, 4) is 11.4 Å². The van der Waals surface area contributed by atoms with Gasteiger partial charge in [0.15, 0.2) is 5.82 Å². The fraction of sp³-hybridized carbons (Fsp3) is 0.0769. The van der Waals surface area contributed by atoms with E-state index in [2.05, 4.69) is 37.6 Å². The Bertz CT molecular complexity index is 693. The Kier molecular flexibility index (Phi) is 3.68. The van der Waals surface area contributed by atoms with Gasteiger partial charge in [-0.15, -0.1) is 21.5 Å². The van der Waals surface area contributed by atoms with E-state index in [1.165, 1.54) is 4.88 Å². The SMILES string of the molecule is Clc1nnc(-c2ccccc2)n1Cc1cc(Br)cs1. The highest BCUT2D eigenvalue weighted by Crippen LogP contribution is 2.25. The molecule has 19 heavy (non-hydrogen) atoms. The summed E-state index contributed by atoms with van der Waals surface area (Å²) in [6.45, 7) is 0.673. The lowest BCUT2D eigenvalue weighted by molar-refractivity contribution is 0.816. The summed E-state index contributed by atoms with van der Waals surface area (Å²) in [7, 11) is 0. The van der Waals surface area contributed by atoms with Crippen LogP contribution < -0.4 is 0 Å². The highest BCUT2D eigenvalue weighted by molar-refractivity contribution is 9.10. The molecule has 0 spiro atoms. The van der Waals surface area contributed by atoms with Gasteiger partial charge in [-0.2, -0.15) is 0 Å². The van der Waals surface area contributed by atoms with Crippen molar-refractivity contribution in [2.75, 3.05) is 0 Å². The van der Waals surface area contributed by atoms with Crippen molar-refractivity contribution in [1.82, 2.24) is 14.8 Å². The van der Waals surface area contributed by atoms with Crippen LogP contribution in [0.4, 0.5) is 0 Å². The molecule has 6 heteroatoms. The summed E-state index contributed by atoms with van der Waals surface area (Å²) in [4.78, 5) is 1.20. The monoisotopic (exact) mass is 353 g/mol. The molecular weight excluding hydrogens is 346 g/mol. The fourth-order valence-electron chi connectivity index (χ4n) is 1.82. The Labute approximate surface area is 128 Å². The quantitative estimate of drug-likeness (QED) is 0.694. The zero-order chi connectivity index (χ0) is 13.2. The topological polar surface area (TPSA) is 30.7 Å². The first kappa shape index (κ1) is 12.8. The van der Waals surface area contributed by atoms with E-state index in [1.54, 1.807) is 11.3 Å². The zero-order valence-electron chi connectivity index (χ0n) is 9.75. The van der Waals surface area contributed by atoms with E-state index in [-0.39, 0.29) is 0 Å². The van der Waals surface area contributed by atoms with Crippen molar-refractivity contribution in [3.05, 3.63) is 56.4 Å². The van der Waals surface area contributed by atoms with Crippen LogP contribution in [0.2, 0.25) is 5.28 Å². The van der Waals surface area contributed by atoms with E-state index in [0.29, 0.717) is 11.8 Å². The van der Waals surface area contributed by atoms with Crippen LogP contribution in [-0.4, -0.2) is 14.8 Å². The Balaban J connectivity index is 1.99. The smallest absolute Gasteiger partial charge is 0.225 e. The molecule has 96 valence electrons. The number of thiophene rings is 1. The molecule has 3 nitrogen and oxygen atoms in total. The molecule has 0 aliphatic carbocycles. The largest absolute Gasteiger partial charge is 0.292 e. The maximum Gasteiger partial charge on any atom is 0.225 e. The molecular formula is C13H9BrClN3S. The second-order valence-corrected chi connectivity index (χ2v) is 6.23. The lowest BCUT2D eigenvalue weighted by Gasteiger charge is -2.06. The van der Waals surface area contributed by atoms with Gasteiger partial charge in [-0.05, 0) is 33.6 Å². The lowest BCUT2D eigenvalue weighted by atomic mass is 10.2. The third-order valence-corrected chi connectivity index (χ3v) is 4.64. The first-order valence-electron chi connectivity index (χ1n) is 5.61. The van der Waals surface area contributed by atoms with E-state index in [9.17, 15) is 0 Å². The first-order valence-corrected chi connectivity index (χ1v) is 7.66. The fourth-order valence-corrected chi connectivity index (χ4v) is 3.43. The number of halogens is 2. The summed E-state index contributed by atoms with van der Waals surface area (Å²) in [5, 5.41) is 10.6. The van der Waals surface area contributed by atoms with Gasteiger partial charge >= 0.3 is 0 Å². The highest BCUT2D eigenvalue weighted by Gasteiger charge is 2.13. The van der Waals surface area contributed by atoms with Crippen LogP contribution in [0.5, 0.6) is 0 Å². The van der Waals surface area contributed by atoms with Crippen LogP contribution in [-0.2, 0) is 6.54 Å². The molecule has 3 aromatic rings. The Morgan fingerprint density at radius 1 is 1.21 bits per heavy atom. The molecule has 0 bridgehead atoms. The number of hydrogen-bond donors (Lipinski definition) is 0. The molecule has 0 radical (unpaired) electrons. The van der Waals surface area contributed by atoms with Gasteiger partial charge in [-0.3, -0.25) is 4.57 Å². The maximum absolute atomic E-state index is 6.13. The van der Waals surface area contributed by atoms with Gasteiger partial charge < -0.3 is 0 Å². The number of rotatable bonds is 3. The van der Waals surface area contributed by atoms with E-state index in [4.69, 9.17) is 11.6 Å². The summed E-state index contributed by atoms with van der Waals surface area (Å²) in [5.74, 6) is 0.787. The molecule has 0 aliphatic rings. The minimum Gasteiger partial charge on any atom is -0.292 e. The number of benzene rings is 1. The van der Waals surface area contributed by atoms with Gasteiger partial charge in [0.05, 0.1) is 6.54 Å². The lowest BCUT2D eigenvalue weighted by Crippen LogP contribution is -2.01. The highest BCUT2D eigenvalue weighted by atomic mass is 79.9. The normalized spacial score (nSPS) is 10.8. The second kappa shape index (κ2) is 5.45. The molecule has 0 atom stereocenters. The van der Waals surface area contributed by atoms with E-state index in [0.717, 1.165) is 15.9 Å². The van der Waals surface area contributed by atoms with Crippen LogP contribution in [0.3, 0.4) is 0 Å². The Morgan fingerprint density at radius 3 is 2.68 bits per heavy atom. The number of hydrogen-bond acceptors (Lipinski definition) is 3. The van der Waals surface area contributed by atoms with Gasteiger partial charge in [-0.25, -0.2) is 0 Å². The second-order valence-electron chi connectivity index (χ2n) is 3.98. The molecule has 0 saturated heterocycles. The predicted octanol–water partition coefficient (Wildman–Crippen LogP) is 4.47. The summed E-state index contributed by atoms with van der Waals surface area (Å²) in [6.07, 6.45) is 0. The maximum atomic E-state index is 6.13. The minimum atomic E-state index is 0.406. The van der Waals surface area contributed by atoms with Crippen LogP contribution in [0.15, 0.2) is 46.3 Å². The molecule has 0 unspecified atom stereocenters. The zero-order valence-corrected chi connectivity index (χ0v) is 12.9. The first-order chi connectivity index (χ1) is 9.24. The average Bonchev–Trinajstić information content (AvgIpc) is 2.99. The summed E-state index contributed by atoms with van der Waals surface area (Å²) in [6, 6.07) is 12.0. The standard InChI is InChI=1S/C13H9BrClN3S/c14-10-6-11(19-8-10)7-18-12(16-17-13(18)15)9-4-2-1-3-5-9/h1-6,8H,7H2. The molecule has 2 heterocycles. The van der Waals surface area contributed by atoms with Crippen LogP contribution in [0.1, 0.15) is 4.88 Å². The van der Waals surface area contributed by atoms with Crippen molar-refractivity contribution in [1.29, 1.82) is 0 Å². The van der Waals surface area contributed by atoms with Crippen molar-refractivity contribution in [2.45, 2.75) is 6.54 Å². The van der Waals surface area contributed by atoms with Gasteiger partial charge in [0.25, 0.3) is 0 Å². The Hall–Kier alpha value is -1.17. The minimum absolute atomic E-state index is 0.406. The Morgan fingerprint density at radius 2 is 2.00 bits per heavy atom. The van der Waals surface area contributed by atoms with Gasteiger partial charge in [0.2, 0.25) is 5.28 Å². The van der Waals surface area contributed by atoms with E-state index >= 15 is 0 Å². The molecule has 0 saturated carbocycles. The molecule has 0 N–H and O–H groups in total. The van der Waals surface area contributed by atoms with E-state index in [1.807, 2.05) is 34.9 Å². The molecule has 0 fully saturated rings. The van der Waals surface area contributed by atoms with Crippen molar-refractivity contribution in [3.63, 3.8) is 0 Å². The van der Waals surface area contributed by atoms with Gasteiger partial charge in [0.1, 0.15) is 0 Å². The molecule has 3 rings (SSSR count). The number of aromatic nitrogens is 3. The third-order valence-electron chi connectivity index (χ3n) is 2.67. The predicted molar refractivity (Wildman–Crippen MR) is 81.6 cm³/mol. The number of nitrogens with zero attached hydrogens (tertiary/aromatic N) is 3. The van der Waals surface area contributed by atoms with Gasteiger partial charge in [0, 0.05) is 20.3 Å². The van der Waals surface area contributed by atoms with Crippen molar-refractivity contribution < 1.29 is 0 Å².